The van der Waals surface area contributed by atoms with Crippen LogP contribution in [0, 0.1) is 6.92 Å². The molecule has 1 aromatic carbocycles. The standard InChI is InChI=1S/C11H13N2O/c1-8-4-5-10-11(6-8)13(9(2)14)7-12(10)3/h4-7H,1-3H3/q+1. The first kappa shape index (κ1) is 8.94. The molecule has 1 heterocycles. The van der Waals surface area contributed by atoms with Gasteiger partial charge in [0, 0.05) is 6.92 Å². The summed E-state index contributed by atoms with van der Waals surface area (Å²) in [6.07, 6.45) is 1.81. The van der Waals surface area contributed by atoms with Crippen molar-refractivity contribution in [2.75, 3.05) is 0 Å². The van der Waals surface area contributed by atoms with Crippen molar-refractivity contribution in [2.45, 2.75) is 13.8 Å². The van der Waals surface area contributed by atoms with Crippen molar-refractivity contribution >= 4 is 16.9 Å². The molecule has 0 fully saturated rings. The van der Waals surface area contributed by atoms with Gasteiger partial charge in [-0.15, -0.1) is 0 Å². The summed E-state index contributed by atoms with van der Waals surface area (Å²) in [5.74, 6) is 0.0428. The molecule has 0 radical (unpaired) electrons. The van der Waals surface area contributed by atoms with Gasteiger partial charge in [-0.05, 0) is 24.6 Å². The predicted octanol–water partition coefficient (Wildman–Crippen LogP) is 1.43. The normalized spacial score (nSPS) is 10.8. The zero-order valence-electron chi connectivity index (χ0n) is 8.61. The van der Waals surface area contributed by atoms with E-state index < -0.39 is 0 Å². The highest BCUT2D eigenvalue weighted by molar-refractivity contribution is 5.87. The van der Waals surface area contributed by atoms with Crippen LogP contribution in [0.4, 0.5) is 0 Å². The molecule has 0 N–H and O–H groups in total. The van der Waals surface area contributed by atoms with Crippen LogP contribution in [0.25, 0.3) is 11.0 Å². The van der Waals surface area contributed by atoms with Gasteiger partial charge in [-0.2, -0.15) is 4.57 Å². The van der Waals surface area contributed by atoms with Crippen LogP contribution in [0.15, 0.2) is 24.5 Å². The number of imidazole rings is 1. The Balaban J connectivity index is 2.85. The highest BCUT2D eigenvalue weighted by Gasteiger charge is 2.15. The summed E-state index contributed by atoms with van der Waals surface area (Å²) in [5.41, 5.74) is 3.21. The van der Waals surface area contributed by atoms with Gasteiger partial charge >= 0.3 is 5.91 Å². The molecule has 3 nitrogen and oxygen atoms in total. The van der Waals surface area contributed by atoms with Crippen LogP contribution in [0.3, 0.4) is 0 Å². The SMILES string of the molecule is CC(=O)n1c[n+](C)c2ccc(C)cc21. The zero-order valence-corrected chi connectivity index (χ0v) is 8.61. The fraction of sp³-hybridized carbons (Fsp3) is 0.273. The Morgan fingerprint density at radius 2 is 2.14 bits per heavy atom. The van der Waals surface area contributed by atoms with Crippen molar-refractivity contribution < 1.29 is 9.36 Å². The van der Waals surface area contributed by atoms with Crippen LogP contribution >= 0.6 is 0 Å². The van der Waals surface area contributed by atoms with Gasteiger partial charge in [0.05, 0.1) is 7.05 Å². The van der Waals surface area contributed by atoms with Gasteiger partial charge in [-0.25, -0.2) is 9.36 Å². The van der Waals surface area contributed by atoms with Gasteiger partial charge in [0.15, 0.2) is 11.0 Å². The maximum absolute atomic E-state index is 11.3. The lowest BCUT2D eigenvalue weighted by Crippen LogP contribution is -2.25. The zero-order chi connectivity index (χ0) is 10.3. The van der Waals surface area contributed by atoms with Crippen LogP contribution in [-0.2, 0) is 7.05 Å². The molecule has 0 saturated carbocycles. The van der Waals surface area contributed by atoms with Gasteiger partial charge in [0.2, 0.25) is 0 Å². The molecule has 72 valence electrons. The highest BCUT2D eigenvalue weighted by Crippen LogP contribution is 2.12. The Labute approximate surface area is 82.6 Å². The van der Waals surface area contributed by atoms with Gasteiger partial charge in [0.1, 0.15) is 0 Å². The fourth-order valence-electron chi connectivity index (χ4n) is 1.67. The Kier molecular flexibility index (Phi) is 1.88. The molecule has 0 amide bonds. The van der Waals surface area contributed by atoms with Crippen LogP contribution in [0.5, 0.6) is 0 Å². The molecule has 3 heteroatoms. The van der Waals surface area contributed by atoms with Gasteiger partial charge in [0.25, 0.3) is 6.33 Å². The molecule has 0 bridgehead atoms. The maximum Gasteiger partial charge on any atom is 0.311 e. The van der Waals surface area contributed by atoms with Crippen molar-refractivity contribution in [1.29, 1.82) is 0 Å². The van der Waals surface area contributed by atoms with E-state index in [2.05, 4.69) is 0 Å². The topological polar surface area (TPSA) is 25.9 Å². The van der Waals surface area contributed by atoms with Gasteiger partial charge in [-0.1, -0.05) is 6.07 Å². The van der Waals surface area contributed by atoms with E-state index in [4.69, 9.17) is 0 Å². The minimum Gasteiger partial charge on any atom is -0.247 e. The Bertz CT molecular complexity index is 511. The molecular weight excluding hydrogens is 176 g/mol. The molecule has 1 aromatic heterocycles. The minimum absolute atomic E-state index is 0.0428. The van der Waals surface area contributed by atoms with E-state index in [1.165, 1.54) is 5.56 Å². The lowest BCUT2D eigenvalue weighted by molar-refractivity contribution is -0.645. The number of rotatable bonds is 0. The Morgan fingerprint density at radius 1 is 1.43 bits per heavy atom. The van der Waals surface area contributed by atoms with E-state index in [9.17, 15) is 4.79 Å². The first-order valence-electron chi connectivity index (χ1n) is 4.58. The molecule has 0 aliphatic carbocycles. The minimum atomic E-state index is 0.0428. The molecule has 0 unspecified atom stereocenters. The number of aromatic nitrogens is 2. The van der Waals surface area contributed by atoms with Gasteiger partial charge in [-0.3, -0.25) is 0 Å². The summed E-state index contributed by atoms with van der Waals surface area (Å²) in [6.45, 7) is 3.60. The van der Waals surface area contributed by atoms with Crippen LogP contribution < -0.4 is 4.57 Å². The van der Waals surface area contributed by atoms with Crippen LogP contribution in [0.1, 0.15) is 17.3 Å². The van der Waals surface area contributed by atoms with Crippen molar-refractivity contribution in [3.63, 3.8) is 0 Å². The second-order valence-electron chi connectivity index (χ2n) is 3.61. The summed E-state index contributed by atoms with van der Waals surface area (Å²) >= 11 is 0. The maximum atomic E-state index is 11.3. The lowest BCUT2D eigenvalue weighted by atomic mass is 10.2. The second-order valence-corrected chi connectivity index (χ2v) is 3.61. The van der Waals surface area contributed by atoms with E-state index in [1.54, 1.807) is 11.5 Å². The van der Waals surface area contributed by atoms with E-state index in [1.807, 2.05) is 43.1 Å². The summed E-state index contributed by atoms with van der Waals surface area (Å²) in [5, 5.41) is 0. The molecule has 2 rings (SSSR count). The summed E-state index contributed by atoms with van der Waals surface area (Å²) < 4.78 is 3.62. The molecular formula is C11H13N2O+. The number of carbonyl (C=O) groups is 1. The number of benzene rings is 1. The Hall–Kier alpha value is -1.64. The Morgan fingerprint density at radius 3 is 2.79 bits per heavy atom. The third kappa shape index (κ3) is 1.21. The average Bonchev–Trinajstić information content (AvgIpc) is 2.43. The molecule has 0 saturated heterocycles. The number of nitrogens with zero attached hydrogens (tertiary/aromatic N) is 2. The molecule has 14 heavy (non-hydrogen) atoms. The fourth-order valence-corrected chi connectivity index (χ4v) is 1.67. The number of hydrogen-bond donors (Lipinski definition) is 0. The van der Waals surface area contributed by atoms with E-state index in [0.29, 0.717) is 0 Å². The average molecular weight is 189 g/mol. The van der Waals surface area contributed by atoms with Crippen molar-refractivity contribution in [1.82, 2.24) is 4.57 Å². The van der Waals surface area contributed by atoms with Crippen LogP contribution in [-0.4, -0.2) is 10.5 Å². The summed E-state index contributed by atoms with van der Waals surface area (Å²) in [7, 11) is 1.94. The number of hydrogen-bond acceptors (Lipinski definition) is 1. The van der Waals surface area contributed by atoms with E-state index in [0.717, 1.165) is 11.0 Å². The van der Waals surface area contributed by atoms with E-state index >= 15 is 0 Å². The molecule has 2 aromatic rings. The largest absolute Gasteiger partial charge is 0.311 e. The lowest BCUT2D eigenvalue weighted by Gasteiger charge is -1.91. The number of fused-ring (bicyclic) bond motifs is 1. The molecule has 0 aliphatic rings. The summed E-state index contributed by atoms with van der Waals surface area (Å²) in [4.78, 5) is 11.3. The smallest absolute Gasteiger partial charge is 0.247 e. The second kappa shape index (κ2) is 2.94. The predicted molar refractivity (Wildman–Crippen MR) is 54.2 cm³/mol. The van der Waals surface area contributed by atoms with Crippen molar-refractivity contribution in [2.24, 2.45) is 7.05 Å². The highest BCUT2D eigenvalue weighted by atomic mass is 16.1. The van der Waals surface area contributed by atoms with Crippen LogP contribution in [0.2, 0.25) is 0 Å². The van der Waals surface area contributed by atoms with Crippen molar-refractivity contribution in [3.8, 4) is 0 Å². The van der Waals surface area contributed by atoms with Gasteiger partial charge < -0.3 is 0 Å². The third-order valence-electron chi connectivity index (χ3n) is 2.40. The number of carbonyl (C=O) groups excluding carboxylic acids is 1. The first-order chi connectivity index (χ1) is 6.59. The van der Waals surface area contributed by atoms with Crippen molar-refractivity contribution in [3.05, 3.63) is 30.1 Å². The first-order valence-corrected chi connectivity index (χ1v) is 4.58. The molecule has 0 spiro atoms. The summed E-state index contributed by atoms with van der Waals surface area (Å²) in [6, 6.07) is 6.10. The molecule has 0 atom stereocenters. The quantitative estimate of drug-likeness (QED) is 0.576. The third-order valence-corrected chi connectivity index (χ3v) is 2.40. The van der Waals surface area contributed by atoms with E-state index in [-0.39, 0.29) is 5.91 Å². The monoisotopic (exact) mass is 189 g/mol. The number of aryl methyl sites for hydroxylation is 2. The molecule has 0 aliphatic heterocycles.